The van der Waals surface area contributed by atoms with E-state index in [4.69, 9.17) is 9.47 Å². The van der Waals surface area contributed by atoms with Gasteiger partial charge in [0.25, 0.3) is 5.91 Å². The Morgan fingerprint density at radius 1 is 0.968 bits per heavy atom. The zero-order valence-corrected chi connectivity index (χ0v) is 18.0. The van der Waals surface area contributed by atoms with Crippen molar-refractivity contribution >= 4 is 29.2 Å². The first-order chi connectivity index (χ1) is 14.9. The molecule has 0 atom stereocenters. The van der Waals surface area contributed by atoms with E-state index in [1.165, 1.54) is 0 Å². The van der Waals surface area contributed by atoms with E-state index in [2.05, 4.69) is 10.2 Å². The number of carbonyl (C=O) groups excluding carboxylic acids is 3. The van der Waals surface area contributed by atoms with E-state index in [0.29, 0.717) is 48.7 Å². The van der Waals surface area contributed by atoms with Gasteiger partial charge in [0.15, 0.2) is 0 Å². The van der Waals surface area contributed by atoms with E-state index in [1.54, 1.807) is 68.3 Å². The Morgan fingerprint density at radius 3 is 2.19 bits per heavy atom. The lowest BCUT2D eigenvalue weighted by atomic mass is 10.1. The van der Waals surface area contributed by atoms with Gasteiger partial charge >= 0.3 is 5.97 Å². The van der Waals surface area contributed by atoms with Crippen LogP contribution >= 0.6 is 0 Å². The Labute approximate surface area is 181 Å². The third-order valence-electron chi connectivity index (χ3n) is 5.17. The van der Waals surface area contributed by atoms with E-state index in [9.17, 15) is 14.4 Å². The molecule has 0 radical (unpaired) electrons. The summed E-state index contributed by atoms with van der Waals surface area (Å²) in [5.41, 5.74) is 2.13. The van der Waals surface area contributed by atoms with Gasteiger partial charge in [-0.2, -0.15) is 0 Å². The van der Waals surface area contributed by atoms with Crippen LogP contribution in [0, 0.1) is 0 Å². The quantitative estimate of drug-likeness (QED) is 0.716. The molecule has 1 N–H and O–H groups in total. The predicted molar refractivity (Wildman–Crippen MR) is 118 cm³/mol. The number of anilines is 2. The Morgan fingerprint density at radius 2 is 1.61 bits per heavy atom. The van der Waals surface area contributed by atoms with Gasteiger partial charge in [0.2, 0.25) is 5.91 Å². The molecular weight excluding hydrogens is 398 g/mol. The van der Waals surface area contributed by atoms with E-state index < -0.39 is 5.97 Å². The lowest BCUT2D eigenvalue weighted by Crippen LogP contribution is -2.48. The first-order valence-corrected chi connectivity index (χ1v) is 10.2. The van der Waals surface area contributed by atoms with E-state index in [-0.39, 0.29) is 18.4 Å². The number of nitrogens with zero attached hydrogens (tertiary/aromatic N) is 2. The van der Waals surface area contributed by atoms with Crippen molar-refractivity contribution in [1.29, 1.82) is 0 Å². The summed E-state index contributed by atoms with van der Waals surface area (Å²) in [5, 5.41) is 2.92. The SMILES string of the molecule is CCOC(=O)c1ccc(N2CCN(C(C)=O)CC2)c(NC(=O)c2ccc(OC)cc2)c1. The molecule has 2 aromatic carbocycles. The summed E-state index contributed by atoms with van der Waals surface area (Å²) in [4.78, 5) is 40.6. The Bertz CT molecular complexity index is 950. The average Bonchev–Trinajstić information content (AvgIpc) is 2.79. The predicted octanol–water partition coefficient (Wildman–Crippen LogP) is 2.79. The fourth-order valence-electron chi connectivity index (χ4n) is 3.45. The molecular formula is C23H27N3O5. The number of ether oxygens (including phenoxy) is 2. The second kappa shape index (κ2) is 9.97. The highest BCUT2D eigenvalue weighted by atomic mass is 16.5. The number of hydrogen-bond donors (Lipinski definition) is 1. The van der Waals surface area contributed by atoms with Gasteiger partial charge in [-0.3, -0.25) is 9.59 Å². The van der Waals surface area contributed by atoms with Gasteiger partial charge in [0, 0.05) is 38.7 Å². The van der Waals surface area contributed by atoms with Crippen molar-refractivity contribution in [2.45, 2.75) is 13.8 Å². The van der Waals surface area contributed by atoms with Crippen LogP contribution in [-0.2, 0) is 9.53 Å². The van der Waals surface area contributed by atoms with Crippen molar-refractivity contribution in [1.82, 2.24) is 4.90 Å². The van der Waals surface area contributed by atoms with Gasteiger partial charge in [-0.15, -0.1) is 0 Å². The Hall–Kier alpha value is -3.55. The molecule has 31 heavy (non-hydrogen) atoms. The number of rotatable bonds is 6. The molecule has 3 rings (SSSR count). The molecule has 1 aliphatic rings. The van der Waals surface area contributed by atoms with Crippen LogP contribution in [0.15, 0.2) is 42.5 Å². The maximum Gasteiger partial charge on any atom is 0.338 e. The van der Waals surface area contributed by atoms with Crippen LogP contribution in [0.25, 0.3) is 0 Å². The normalized spacial score (nSPS) is 13.5. The van der Waals surface area contributed by atoms with Gasteiger partial charge in [-0.25, -0.2) is 4.79 Å². The minimum absolute atomic E-state index is 0.0466. The standard InChI is InChI=1S/C23H27N3O5/c1-4-31-23(29)18-7-10-21(26-13-11-25(12-14-26)16(2)27)20(15-18)24-22(28)17-5-8-19(30-3)9-6-17/h5-10,15H,4,11-14H2,1-3H3,(H,24,28). The van der Waals surface area contributed by atoms with Crippen molar-refractivity contribution < 1.29 is 23.9 Å². The fraction of sp³-hybridized carbons (Fsp3) is 0.348. The van der Waals surface area contributed by atoms with Crippen molar-refractivity contribution in [2.75, 3.05) is 50.1 Å². The van der Waals surface area contributed by atoms with E-state index in [1.807, 2.05) is 0 Å². The number of nitrogens with one attached hydrogen (secondary N) is 1. The van der Waals surface area contributed by atoms with E-state index >= 15 is 0 Å². The molecule has 0 spiro atoms. The molecule has 0 aliphatic carbocycles. The highest BCUT2D eigenvalue weighted by molar-refractivity contribution is 6.07. The van der Waals surface area contributed by atoms with Crippen LogP contribution in [0.5, 0.6) is 5.75 Å². The van der Waals surface area contributed by atoms with Crippen molar-refractivity contribution in [3.63, 3.8) is 0 Å². The molecule has 2 aromatic rings. The zero-order chi connectivity index (χ0) is 22.4. The number of esters is 1. The first-order valence-electron chi connectivity index (χ1n) is 10.2. The molecule has 1 saturated heterocycles. The summed E-state index contributed by atoms with van der Waals surface area (Å²) in [6.07, 6.45) is 0. The summed E-state index contributed by atoms with van der Waals surface area (Å²) >= 11 is 0. The van der Waals surface area contributed by atoms with Crippen LogP contribution in [-0.4, -0.2) is 62.6 Å². The van der Waals surface area contributed by atoms with Gasteiger partial charge in [0.1, 0.15) is 5.75 Å². The smallest absolute Gasteiger partial charge is 0.338 e. The summed E-state index contributed by atoms with van der Waals surface area (Å²) in [5.74, 6) is -0.0436. The highest BCUT2D eigenvalue weighted by Gasteiger charge is 2.22. The largest absolute Gasteiger partial charge is 0.497 e. The molecule has 0 unspecified atom stereocenters. The van der Waals surface area contributed by atoms with E-state index in [0.717, 1.165) is 5.69 Å². The molecule has 1 heterocycles. The number of piperazine rings is 1. The highest BCUT2D eigenvalue weighted by Crippen LogP contribution is 2.29. The summed E-state index contributed by atoms with van der Waals surface area (Å²) < 4.78 is 10.2. The molecule has 0 aromatic heterocycles. The van der Waals surface area contributed by atoms with Gasteiger partial charge in [-0.1, -0.05) is 0 Å². The minimum atomic E-state index is -0.449. The topological polar surface area (TPSA) is 88.2 Å². The summed E-state index contributed by atoms with van der Waals surface area (Å²) in [7, 11) is 1.56. The second-order valence-corrected chi connectivity index (χ2v) is 7.13. The zero-order valence-electron chi connectivity index (χ0n) is 18.0. The third-order valence-corrected chi connectivity index (χ3v) is 5.17. The third kappa shape index (κ3) is 5.33. The molecule has 8 nitrogen and oxygen atoms in total. The Balaban J connectivity index is 1.87. The molecule has 2 amide bonds. The second-order valence-electron chi connectivity index (χ2n) is 7.13. The van der Waals surface area contributed by atoms with Crippen molar-refractivity contribution in [3.8, 4) is 5.75 Å². The molecule has 0 bridgehead atoms. The number of carbonyl (C=O) groups is 3. The van der Waals surface area contributed by atoms with Crippen molar-refractivity contribution in [2.24, 2.45) is 0 Å². The van der Waals surface area contributed by atoms with Crippen LogP contribution in [0.2, 0.25) is 0 Å². The number of amides is 2. The van der Waals surface area contributed by atoms with Crippen LogP contribution in [0.4, 0.5) is 11.4 Å². The molecule has 8 heteroatoms. The summed E-state index contributed by atoms with van der Waals surface area (Å²) in [6.45, 7) is 6.02. The summed E-state index contributed by atoms with van der Waals surface area (Å²) in [6, 6.07) is 11.9. The minimum Gasteiger partial charge on any atom is -0.497 e. The number of hydrogen-bond acceptors (Lipinski definition) is 6. The first kappa shape index (κ1) is 22.1. The molecule has 1 aliphatic heterocycles. The van der Waals surface area contributed by atoms with Crippen molar-refractivity contribution in [3.05, 3.63) is 53.6 Å². The lowest BCUT2D eigenvalue weighted by Gasteiger charge is -2.36. The number of methoxy groups -OCH3 is 1. The maximum atomic E-state index is 12.9. The van der Waals surface area contributed by atoms with Crippen LogP contribution in [0.3, 0.4) is 0 Å². The van der Waals surface area contributed by atoms with Gasteiger partial charge in [0.05, 0.1) is 30.7 Å². The molecule has 0 saturated carbocycles. The van der Waals surface area contributed by atoms with Crippen LogP contribution < -0.4 is 15.0 Å². The monoisotopic (exact) mass is 425 g/mol. The van der Waals surface area contributed by atoms with Gasteiger partial charge < -0.3 is 24.6 Å². The fourth-order valence-corrected chi connectivity index (χ4v) is 3.45. The van der Waals surface area contributed by atoms with Crippen LogP contribution in [0.1, 0.15) is 34.6 Å². The van der Waals surface area contributed by atoms with Gasteiger partial charge in [-0.05, 0) is 49.4 Å². The maximum absolute atomic E-state index is 12.9. The number of benzene rings is 2. The lowest BCUT2D eigenvalue weighted by molar-refractivity contribution is -0.129. The Kier molecular flexibility index (Phi) is 7.12. The average molecular weight is 425 g/mol. The molecule has 1 fully saturated rings. The molecule has 164 valence electrons.